The number of carbonyl (C=O) groups excluding carboxylic acids is 2. The van der Waals surface area contributed by atoms with Gasteiger partial charge in [0.25, 0.3) is 0 Å². The number of hydrogen-bond acceptors (Lipinski definition) is 5. The minimum Gasteiger partial charge on any atom is -0.466 e. The zero-order valence-electron chi connectivity index (χ0n) is 57.0. The third-order valence-electron chi connectivity index (χ3n) is 18.7. The lowest BCUT2D eigenvalue weighted by atomic mass is 10.0. The van der Waals surface area contributed by atoms with Gasteiger partial charge in [0, 0.05) is 12.8 Å². The van der Waals surface area contributed by atoms with Crippen molar-refractivity contribution in [2.75, 3.05) is 13.2 Å². The Balaban J connectivity index is 3.26. The van der Waals surface area contributed by atoms with Gasteiger partial charge < -0.3 is 20.3 Å². The van der Waals surface area contributed by atoms with Crippen LogP contribution in [-0.2, 0) is 14.3 Å². The van der Waals surface area contributed by atoms with E-state index >= 15 is 0 Å². The summed E-state index contributed by atoms with van der Waals surface area (Å²) in [7, 11) is 0. The predicted octanol–water partition coefficient (Wildman–Crippen LogP) is 25.3. The Morgan fingerprint density at radius 1 is 0.289 bits per heavy atom. The van der Waals surface area contributed by atoms with Crippen LogP contribution in [0, 0.1) is 0 Å². The molecule has 2 atom stereocenters. The van der Waals surface area contributed by atoms with Gasteiger partial charge in [0.1, 0.15) is 0 Å². The maximum absolute atomic E-state index is 12.5. The van der Waals surface area contributed by atoms with Gasteiger partial charge >= 0.3 is 5.97 Å². The van der Waals surface area contributed by atoms with Gasteiger partial charge in [-0.2, -0.15) is 0 Å². The van der Waals surface area contributed by atoms with Crippen molar-refractivity contribution in [1.82, 2.24) is 5.32 Å². The molecule has 0 saturated carbocycles. The second-order valence-electron chi connectivity index (χ2n) is 27.1. The van der Waals surface area contributed by atoms with E-state index in [-0.39, 0.29) is 18.5 Å². The van der Waals surface area contributed by atoms with Gasteiger partial charge in [0.05, 0.1) is 25.4 Å². The van der Waals surface area contributed by atoms with Crippen molar-refractivity contribution in [3.05, 3.63) is 0 Å². The SMILES string of the molecule is CCCCCCCCCCCCCCCCCCCC(=O)OCCCCCCCCCCCCCCCCCCCCCCCCCCCCCCCCCCCCCCCC(=O)NC(CO)C(O)CCCCCCCCCCCCCC. The number of carbonyl (C=O) groups is 2. The predicted molar refractivity (Wildman–Crippen MR) is 366 cm³/mol. The molecular formula is C77H153NO5. The second kappa shape index (κ2) is 73.3. The zero-order valence-corrected chi connectivity index (χ0v) is 57.0. The fraction of sp³-hybridized carbons (Fsp3) is 0.974. The largest absolute Gasteiger partial charge is 0.466 e. The summed E-state index contributed by atoms with van der Waals surface area (Å²) >= 11 is 0. The number of rotatable bonds is 74. The van der Waals surface area contributed by atoms with E-state index < -0.39 is 12.1 Å². The van der Waals surface area contributed by atoms with Crippen molar-refractivity contribution in [1.29, 1.82) is 0 Å². The first-order valence-corrected chi connectivity index (χ1v) is 38.8. The molecule has 0 saturated heterocycles. The molecule has 0 aromatic heterocycles. The highest BCUT2D eigenvalue weighted by Gasteiger charge is 2.20. The van der Waals surface area contributed by atoms with Crippen LogP contribution < -0.4 is 5.32 Å². The first kappa shape index (κ1) is 81.9. The highest BCUT2D eigenvalue weighted by atomic mass is 16.5. The van der Waals surface area contributed by atoms with E-state index in [0.717, 1.165) is 38.5 Å². The third kappa shape index (κ3) is 69.8. The number of amides is 1. The van der Waals surface area contributed by atoms with E-state index in [1.807, 2.05) is 0 Å². The lowest BCUT2D eigenvalue weighted by Crippen LogP contribution is -2.45. The summed E-state index contributed by atoms with van der Waals surface area (Å²) in [6, 6.07) is -0.535. The lowest BCUT2D eigenvalue weighted by Gasteiger charge is -2.22. The minimum atomic E-state index is -0.658. The molecule has 6 heteroatoms. The average Bonchev–Trinajstić information content (AvgIpc) is 3.49. The van der Waals surface area contributed by atoms with Crippen LogP contribution in [0.4, 0.5) is 0 Å². The number of aliphatic hydroxyl groups excluding tert-OH is 2. The summed E-state index contributed by atoms with van der Waals surface area (Å²) in [6.07, 6.45) is 90.6. The van der Waals surface area contributed by atoms with Crippen molar-refractivity contribution in [3.8, 4) is 0 Å². The number of unbranched alkanes of at least 4 members (excludes halogenated alkanes) is 63. The molecule has 2 unspecified atom stereocenters. The molecule has 0 aliphatic carbocycles. The van der Waals surface area contributed by atoms with Gasteiger partial charge in [-0.15, -0.1) is 0 Å². The summed E-state index contributed by atoms with van der Waals surface area (Å²) in [5, 5.41) is 23.3. The summed E-state index contributed by atoms with van der Waals surface area (Å²) < 4.78 is 5.52. The Morgan fingerprint density at radius 2 is 0.494 bits per heavy atom. The van der Waals surface area contributed by atoms with Gasteiger partial charge in [-0.1, -0.05) is 418 Å². The Labute approximate surface area is 521 Å². The van der Waals surface area contributed by atoms with Crippen molar-refractivity contribution < 1.29 is 24.5 Å². The second-order valence-corrected chi connectivity index (χ2v) is 27.1. The summed E-state index contributed by atoms with van der Waals surface area (Å²) in [5.74, 6) is 0.00206. The van der Waals surface area contributed by atoms with Crippen LogP contribution in [0.15, 0.2) is 0 Å². The molecule has 83 heavy (non-hydrogen) atoms. The third-order valence-corrected chi connectivity index (χ3v) is 18.7. The van der Waals surface area contributed by atoms with Crippen LogP contribution >= 0.6 is 0 Å². The maximum atomic E-state index is 12.5. The zero-order chi connectivity index (χ0) is 59.9. The van der Waals surface area contributed by atoms with Crippen molar-refractivity contribution >= 4 is 11.9 Å². The molecule has 0 rings (SSSR count). The van der Waals surface area contributed by atoms with E-state index in [1.54, 1.807) is 0 Å². The molecule has 0 aromatic rings. The Hall–Kier alpha value is -1.14. The summed E-state index contributed by atoms with van der Waals surface area (Å²) in [6.45, 7) is 5.00. The van der Waals surface area contributed by atoms with Crippen LogP contribution in [0.1, 0.15) is 457 Å². The molecule has 3 N–H and O–H groups in total. The average molecular weight is 1170 g/mol. The van der Waals surface area contributed by atoms with Gasteiger partial charge in [0.2, 0.25) is 5.91 Å². The van der Waals surface area contributed by atoms with Crippen LogP contribution in [0.3, 0.4) is 0 Å². The van der Waals surface area contributed by atoms with Crippen LogP contribution in [0.2, 0.25) is 0 Å². The van der Waals surface area contributed by atoms with E-state index in [2.05, 4.69) is 19.2 Å². The Kier molecular flexibility index (Phi) is 72.3. The van der Waals surface area contributed by atoms with Crippen LogP contribution in [0.25, 0.3) is 0 Å². The molecule has 1 amide bonds. The molecule has 0 bridgehead atoms. The molecule has 0 radical (unpaired) electrons. The van der Waals surface area contributed by atoms with Gasteiger partial charge in [-0.3, -0.25) is 9.59 Å². The number of ether oxygens (including phenoxy) is 1. The molecule has 0 heterocycles. The normalized spacial score (nSPS) is 12.4. The number of hydrogen-bond donors (Lipinski definition) is 3. The summed E-state index contributed by atoms with van der Waals surface area (Å²) in [4.78, 5) is 24.6. The fourth-order valence-corrected chi connectivity index (χ4v) is 12.8. The molecule has 0 fully saturated rings. The standard InChI is InChI=1S/C77H153NO5/c1-3-5-7-9-11-13-15-17-18-40-44-47-51-55-59-63-67-71-77(82)83-72-68-64-60-56-52-48-45-42-39-37-35-33-31-29-27-25-23-21-19-20-22-24-26-28-30-32-34-36-38-41-43-46-50-54-58-62-66-70-76(81)78-74(73-79)75(80)69-65-61-57-53-49-16-14-12-10-8-6-4-2/h74-75,79-80H,3-73H2,1-2H3,(H,78,81). The van der Waals surface area contributed by atoms with Gasteiger partial charge in [-0.05, 0) is 25.7 Å². The van der Waals surface area contributed by atoms with Gasteiger partial charge in [0.15, 0.2) is 0 Å². The van der Waals surface area contributed by atoms with Crippen LogP contribution in [0.5, 0.6) is 0 Å². The van der Waals surface area contributed by atoms with E-state index in [1.165, 1.54) is 385 Å². The van der Waals surface area contributed by atoms with Crippen molar-refractivity contribution in [2.24, 2.45) is 0 Å². The highest BCUT2D eigenvalue weighted by Crippen LogP contribution is 2.20. The smallest absolute Gasteiger partial charge is 0.305 e. The highest BCUT2D eigenvalue weighted by molar-refractivity contribution is 5.76. The summed E-state index contributed by atoms with van der Waals surface area (Å²) in [5.41, 5.74) is 0. The molecule has 6 nitrogen and oxygen atoms in total. The first-order valence-electron chi connectivity index (χ1n) is 38.8. The van der Waals surface area contributed by atoms with E-state index in [0.29, 0.717) is 25.9 Å². The topological polar surface area (TPSA) is 95.9 Å². The molecule has 0 aromatic carbocycles. The number of esters is 1. The number of aliphatic hydroxyl groups is 2. The lowest BCUT2D eigenvalue weighted by molar-refractivity contribution is -0.143. The molecule has 0 spiro atoms. The first-order chi connectivity index (χ1) is 41.0. The van der Waals surface area contributed by atoms with E-state index in [9.17, 15) is 19.8 Å². The molecule has 496 valence electrons. The quantitative estimate of drug-likeness (QED) is 0.0417. The Morgan fingerprint density at radius 3 is 0.735 bits per heavy atom. The molecule has 0 aliphatic rings. The Bertz CT molecular complexity index is 1210. The molecular weight excluding hydrogens is 1020 g/mol. The van der Waals surface area contributed by atoms with Crippen molar-refractivity contribution in [3.63, 3.8) is 0 Å². The fourth-order valence-electron chi connectivity index (χ4n) is 12.8. The van der Waals surface area contributed by atoms with Gasteiger partial charge in [-0.25, -0.2) is 0 Å². The molecule has 0 aliphatic heterocycles. The van der Waals surface area contributed by atoms with Crippen molar-refractivity contribution in [2.45, 2.75) is 469 Å². The number of nitrogens with one attached hydrogen (secondary N) is 1. The minimum absolute atomic E-state index is 0.0266. The van der Waals surface area contributed by atoms with E-state index in [4.69, 9.17) is 4.74 Å². The maximum Gasteiger partial charge on any atom is 0.305 e. The monoisotopic (exact) mass is 1170 g/mol. The van der Waals surface area contributed by atoms with Crippen LogP contribution in [-0.4, -0.2) is 47.4 Å².